The Morgan fingerprint density at radius 3 is 2.48 bits per heavy atom. The fourth-order valence-corrected chi connectivity index (χ4v) is 3.19. The van der Waals surface area contributed by atoms with Gasteiger partial charge in [-0.05, 0) is 58.7 Å². The van der Waals surface area contributed by atoms with E-state index in [9.17, 15) is 4.39 Å². The number of hydrogen-bond acceptors (Lipinski definition) is 3. The van der Waals surface area contributed by atoms with E-state index in [0.717, 1.165) is 27.9 Å². The quantitative estimate of drug-likeness (QED) is 0.679. The van der Waals surface area contributed by atoms with Crippen molar-refractivity contribution in [3.05, 3.63) is 89.9 Å². The van der Waals surface area contributed by atoms with Crippen molar-refractivity contribution < 1.29 is 4.39 Å². The van der Waals surface area contributed by atoms with E-state index in [2.05, 4.69) is 0 Å². The second kappa shape index (κ2) is 6.07. The van der Waals surface area contributed by atoms with Gasteiger partial charge in [-0.3, -0.25) is 0 Å². The summed E-state index contributed by atoms with van der Waals surface area (Å²) in [7, 11) is 0. The Morgan fingerprint density at radius 1 is 0.880 bits per heavy atom. The molecule has 0 bridgehead atoms. The second-order valence-electron chi connectivity index (χ2n) is 6.08. The van der Waals surface area contributed by atoms with E-state index >= 15 is 0 Å². The molecule has 3 aromatic carbocycles. The molecule has 1 unspecified atom stereocenters. The first-order valence-electron chi connectivity index (χ1n) is 8.10. The summed E-state index contributed by atoms with van der Waals surface area (Å²) < 4.78 is 13.5. The first-order chi connectivity index (χ1) is 12.1. The molecule has 0 fully saturated rings. The molecule has 3 aromatic rings. The van der Waals surface area contributed by atoms with Crippen LogP contribution in [0, 0.1) is 5.82 Å². The monoisotopic (exact) mass is 331 g/mol. The van der Waals surface area contributed by atoms with E-state index in [1.54, 1.807) is 6.07 Å². The average molecular weight is 331 g/mol. The van der Waals surface area contributed by atoms with Crippen molar-refractivity contribution in [2.45, 2.75) is 6.17 Å². The van der Waals surface area contributed by atoms with Crippen LogP contribution in [0.3, 0.4) is 0 Å². The van der Waals surface area contributed by atoms with Gasteiger partial charge in [0, 0.05) is 6.20 Å². The number of nitrogen functional groups attached to an aromatic ring is 1. The topological polar surface area (TPSA) is 55.3 Å². The normalized spacial score (nSPS) is 15.9. The molecule has 4 heteroatoms. The molecular formula is C21H18FN3. The van der Waals surface area contributed by atoms with E-state index in [1.165, 1.54) is 12.1 Å². The highest BCUT2D eigenvalue weighted by atomic mass is 19.1. The van der Waals surface area contributed by atoms with Crippen molar-refractivity contribution >= 4 is 17.5 Å². The van der Waals surface area contributed by atoms with Crippen LogP contribution in [0.15, 0.2) is 72.9 Å². The second-order valence-corrected chi connectivity index (χ2v) is 6.08. The molecule has 0 aliphatic carbocycles. The standard InChI is InChI=1S/C21H18FN3/c22-17-5-3-4-15(12-17)16-9-8-14-10-11-25(21(24)18(14)13-16)20-7-2-1-6-19(20)23/h1-13,21H,23-24H2. The van der Waals surface area contributed by atoms with Crippen LogP contribution in [-0.2, 0) is 0 Å². The molecule has 3 nitrogen and oxygen atoms in total. The molecule has 0 saturated heterocycles. The van der Waals surface area contributed by atoms with Crippen LogP contribution in [0.2, 0.25) is 0 Å². The zero-order valence-corrected chi connectivity index (χ0v) is 13.6. The van der Waals surface area contributed by atoms with Crippen LogP contribution < -0.4 is 16.4 Å². The molecule has 0 amide bonds. The minimum Gasteiger partial charge on any atom is -0.397 e. The predicted molar refractivity (Wildman–Crippen MR) is 101 cm³/mol. The van der Waals surface area contributed by atoms with Crippen molar-refractivity contribution in [3.8, 4) is 11.1 Å². The largest absolute Gasteiger partial charge is 0.397 e. The van der Waals surface area contributed by atoms with Crippen LogP contribution in [0.5, 0.6) is 0 Å². The summed E-state index contributed by atoms with van der Waals surface area (Å²) in [5.74, 6) is -0.252. The minimum absolute atomic E-state index is 0.252. The van der Waals surface area contributed by atoms with Crippen molar-refractivity contribution in [1.29, 1.82) is 0 Å². The lowest BCUT2D eigenvalue weighted by Crippen LogP contribution is -2.33. The number of nitrogens with zero attached hydrogens (tertiary/aromatic N) is 1. The molecule has 0 saturated carbocycles. The highest BCUT2D eigenvalue weighted by Gasteiger charge is 2.22. The van der Waals surface area contributed by atoms with Crippen LogP contribution in [0.4, 0.5) is 15.8 Å². The summed E-state index contributed by atoms with van der Waals surface area (Å²) >= 11 is 0. The molecule has 1 heterocycles. The summed E-state index contributed by atoms with van der Waals surface area (Å²) in [5, 5.41) is 0. The van der Waals surface area contributed by atoms with Gasteiger partial charge in [-0.25, -0.2) is 4.39 Å². The zero-order chi connectivity index (χ0) is 17.4. The van der Waals surface area contributed by atoms with Gasteiger partial charge in [0.2, 0.25) is 0 Å². The third kappa shape index (κ3) is 2.77. The van der Waals surface area contributed by atoms with Crippen molar-refractivity contribution in [2.24, 2.45) is 5.73 Å². The third-order valence-electron chi connectivity index (χ3n) is 4.49. The van der Waals surface area contributed by atoms with E-state index in [1.807, 2.05) is 65.7 Å². The number of nitrogens with two attached hydrogens (primary N) is 2. The van der Waals surface area contributed by atoms with Gasteiger partial charge in [0.05, 0.1) is 11.4 Å². The lowest BCUT2D eigenvalue weighted by atomic mass is 9.95. The highest BCUT2D eigenvalue weighted by Crippen LogP contribution is 2.36. The SMILES string of the molecule is Nc1ccccc1N1C=Cc2ccc(-c3cccc(F)c3)cc2C1N. The summed E-state index contributed by atoms with van der Waals surface area (Å²) in [6.45, 7) is 0. The Hall–Kier alpha value is -3.11. The van der Waals surface area contributed by atoms with E-state index in [4.69, 9.17) is 11.5 Å². The Balaban J connectivity index is 1.76. The van der Waals surface area contributed by atoms with Crippen LogP contribution >= 0.6 is 0 Å². The van der Waals surface area contributed by atoms with E-state index in [0.29, 0.717) is 5.69 Å². The summed E-state index contributed by atoms with van der Waals surface area (Å²) in [6, 6.07) is 20.2. The van der Waals surface area contributed by atoms with Gasteiger partial charge in [0.15, 0.2) is 0 Å². The Bertz CT molecular complexity index is 965. The van der Waals surface area contributed by atoms with Gasteiger partial charge in [-0.2, -0.15) is 0 Å². The fraction of sp³-hybridized carbons (Fsp3) is 0.0476. The molecule has 4 N–H and O–H groups in total. The first-order valence-corrected chi connectivity index (χ1v) is 8.10. The molecule has 0 radical (unpaired) electrons. The van der Waals surface area contributed by atoms with Crippen LogP contribution in [-0.4, -0.2) is 0 Å². The highest BCUT2D eigenvalue weighted by molar-refractivity contribution is 5.76. The lowest BCUT2D eigenvalue weighted by molar-refractivity contribution is 0.628. The minimum atomic E-state index is -0.363. The van der Waals surface area contributed by atoms with Gasteiger partial charge in [0.25, 0.3) is 0 Å². The Morgan fingerprint density at radius 2 is 1.68 bits per heavy atom. The summed E-state index contributed by atoms with van der Waals surface area (Å²) in [6.07, 6.45) is 3.60. The molecule has 0 aromatic heterocycles. The van der Waals surface area contributed by atoms with Gasteiger partial charge in [-0.1, -0.05) is 36.4 Å². The van der Waals surface area contributed by atoms with Gasteiger partial charge in [0.1, 0.15) is 12.0 Å². The molecule has 1 aliphatic heterocycles. The van der Waals surface area contributed by atoms with E-state index < -0.39 is 0 Å². The summed E-state index contributed by atoms with van der Waals surface area (Å²) in [5.41, 5.74) is 18.0. The third-order valence-corrected chi connectivity index (χ3v) is 4.49. The predicted octanol–water partition coefficient (Wildman–Crippen LogP) is 4.52. The number of hydrogen-bond donors (Lipinski definition) is 2. The number of anilines is 2. The Kier molecular flexibility index (Phi) is 3.75. The van der Waals surface area contributed by atoms with Gasteiger partial charge >= 0.3 is 0 Å². The first kappa shape index (κ1) is 15.4. The number of rotatable bonds is 2. The number of halogens is 1. The molecule has 1 atom stereocenters. The number of benzene rings is 3. The van der Waals surface area contributed by atoms with Crippen LogP contribution in [0.1, 0.15) is 17.3 Å². The lowest BCUT2D eigenvalue weighted by Gasteiger charge is -2.33. The van der Waals surface area contributed by atoms with Crippen LogP contribution in [0.25, 0.3) is 17.2 Å². The average Bonchev–Trinajstić information content (AvgIpc) is 2.63. The molecule has 25 heavy (non-hydrogen) atoms. The molecular weight excluding hydrogens is 313 g/mol. The zero-order valence-electron chi connectivity index (χ0n) is 13.6. The maximum atomic E-state index is 13.5. The molecule has 4 rings (SSSR count). The maximum absolute atomic E-state index is 13.5. The molecule has 0 spiro atoms. The molecule has 124 valence electrons. The maximum Gasteiger partial charge on any atom is 0.123 e. The number of fused-ring (bicyclic) bond motifs is 1. The van der Waals surface area contributed by atoms with Gasteiger partial charge < -0.3 is 16.4 Å². The fourth-order valence-electron chi connectivity index (χ4n) is 3.19. The molecule has 1 aliphatic rings. The van der Waals surface area contributed by atoms with Crippen molar-refractivity contribution in [1.82, 2.24) is 0 Å². The number of para-hydroxylation sites is 2. The van der Waals surface area contributed by atoms with Crippen molar-refractivity contribution in [2.75, 3.05) is 10.6 Å². The van der Waals surface area contributed by atoms with E-state index in [-0.39, 0.29) is 12.0 Å². The van der Waals surface area contributed by atoms with Gasteiger partial charge in [-0.15, -0.1) is 0 Å². The van der Waals surface area contributed by atoms with Crippen molar-refractivity contribution in [3.63, 3.8) is 0 Å². The smallest absolute Gasteiger partial charge is 0.123 e. The summed E-state index contributed by atoms with van der Waals surface area (Å²) in [4.78, 5) is 1.95. The Labute approximate surface area is 146 Å².